The maximum absolute atomic E-state index is 13.4. The van der Waals surface area contributed by atoms with Gasteiger partial charge in [-0.25, -0.2) is 9.97 Å². The summed E-state index contributed by atoms with van der Waals surface area (Å²) in [5, 5.41) is 17.3. The molecule has 10 heteroatoms. The van der Waals surface area contributed by atoms with E-state index in [1.165, 1.54) is 4.57 Å². The summed E-state index contributed by atoms with van der Waals surface area (Å²) in [5.74, 6) is 1.30. The van der Waals surface area contributed by atoms with Crippen molar-refractivity contribution in [3.8, 4) is 28.6 Å². The Hall–Kier alpha value is -3.79. The Kier molecular flexibility index (Phi) is 9.22. The largest absolute Gasteiger partial charge is 0.497 e. The highest BCUT2D eigenvalue weighted by Gasteiger charge is 2.21. The molecule has 0 radical (unpaired) electrons. The third-order valence-electron chi connectivity index (χ3n) is 5.61. The Morgan fingerprint density at radius 1 is 1.05 bits per heavy atom. The molecule has 0 aliphatic carbocycles. The molecule has 3 aromatic heterocycles. The Morgan fingerprint density at radius 3 is 2.47 bits per heavy atom. The summed E-state index contributed by atoms with van der Waals surface area (Å²) in [6.45, 7) is 7.13. The molecule has 4 aromatic rings. The van der Waals surface area contributed by atoms with Crippen LogP contribution in [0, 0.1) is 13.8 Å². The zero-order valence-electron chi connectivity index (χ0n) is 22.2. The lowest BCUT2D eigenvalue weighted by Crippen LogP contribution is -2.23. The maximum Gasteiger partial charge on any atom is 0.277 e. The van der Waals surface area contributed by atoms with Gasteiger partial charge in [-0.3, -0.25) is 14.3 Å². The van der Waals surface area contributed by atoms with E-state index in [-0.39, 0.29) is 17.5 Å². The van der Waals surface area contributed by atoms with Crippen LogP contribution < -0.4 is 15.0 Å². The first-order valence-corrected chi connectivity index (χ1v) is 12.1. The minimum atomic E-state index is -1.20. The molecule has 0 aliphatic rings. The fourth-order valence-corrected chi connectivity index (χ4v) is 3.89. The van der Waals surface area contributed by atoms with Crippen molar-refractivity contribution >= 4 is 11.6 Å². The summed E-state index contributed by atoms with van der Waals surface area (Å²) in [4.78, 5) is 26.4. The lowest BCUT2D eigenvalue weighted by atomic mass is 10.1. The third kappa shape index (κ3) is 6.36. The van der Waals surface area contributed by atoms with Crippen LogP contribution in [0.25, 0.3) is 17.1 Å². The van der Waals surface area contributed by atoms with Gasteiger partial charge in [-0.05, 0) is 63.1 Å². The number of aryl methyl sites for hydroxylation is 2. The van der Waals surface area contributed by atoms with Gasteiger partial charge < -0.3 is 19.7 Å². The predicted octanol–water partition coefficient (Wildman–Crippen LogP) is 4.38. The molecule has 0 amide bonds. The van der Waals surface area contributed by atoms with Crippen LogP contribution in [0.5, 0.6) is 11.5 Å². The van der Waals surface area contributed by atoms with Gasteiger partial charge in [-0.2, -0.15) is 0 Å². The number of ether oxygens (including phenoxy) is 2. The van der Waals surface area contributed by atoms with Gasteiger partial charge >= 0.3 is 0 Å². The normalized spacial score (nSPS) is 11.0. The molecule has 38 heavy (non-hydrogen) atoms. The van der Waals surface area contributed by atoms with Gasteiger partial charge in [0.1, 0.15) is 28.7 Å². The molecule has 0 spiro atoms. The van der Waals surface area contributed by atoms with Crippen LogP contribution in [0.3, 0.4) is 0 Å². The van der Waals surface area contributed by atoms with Gasteiger partial charge in [0.15, 0.2) is 5.82 Å². The first-order valence-electron chi connectivity index (χ1n) is 11.7. The van der Waals surface area contributed by atoms with Crippen molar-refractivity contribution < 1.29 is 19.7 Å². The molecule has 0 atom stereocenters. The molecular weight excluding hydrogens is 508 g/mol. The van der Waals surface area contributed by atoms with Crippen LogP contribution in [0.4, 0.5) is 0 Å². The lowest BCUT2D eigenvalue weighted by molar-refractivity contribution is 0.0688. The Bertz CT molecular complexity index is 1480. The van der Waals surface area contributed by atoms with Crippen LogP contribution in [0.1, 0.15) is 36.5 Å². The monoisotopic (exact) mass is 538 g/mol. The molecule has 3 heterocycles. The van der Waals surface area contributed by atoms with Crippen molar-refractivity contribution in [3.63, 3.8) is 0 Å². The Balaban J connectivity index is 0.00000195. The summed E-state index contributed by atoms with van der Waals surface area (Å²) < 4.78 is 12.7. The second kappa shape index (κ2) is 12.2. The fraction of sp³-hybridized carbons (Fsp3) is 0.286. The minimum Gasteiger partial charge on any atom is -0.497 e. The number of hydrogen-bond donors (Lipinski definition) is 2. The van der Waals surface area contributed by atoms with Gasteiger partial charge in [0.25, 0.3) is 5.56 Å². The van der Waals surface area contributed by atoms with E-state index in [4.69, 9.17) is 26.2 Å². The molecule has 4 rings (SSSR count). The molecule has 2 N–H and O–H groups in total. The number of methoxy groups -OCH3 is 1. The smallest absolute Gasteiger partial charge is 0.277 e. The van der Waals surface area contributed by atoms with Crippen LogP contribution in [0.2, 0.25) is 5.02 Å². The highest BCUT2D eigenvalue weighted by atomic mass is 35.5. The summed E-state index contributed by atoms with van der Waals surface area (Å²) in [7, 11) is 2.60. The second-order valence-corrected chi connectivity index (χ2v) is 9.30. The van der Waals surface area contributed by atoms with Gasteiger partial charge in [0.2, 0.25) is 0 Å². The lowest BCUT2D eigenvalue weighted by Gasteiger charge is -2.18. The summed E-state index contributed by atoms with van der Waals surface area (Å²) >= 11 is 6.48. The number of hydrogen-bond acceptors (Lipinski definition) is 8. The summed E-state index contributed by atoms with van der Waals surface area (Å²) in [6, 6.07) is 12.7. The van der Waals surface area contributed by atoms with E-state index in [9.17, 15) is 9.90 Å². The number of aliphatic hydroxyl groups is 2. The standard InChI is InChI=1S/C27H27ClN4O4.CH4O/c1-16-14-30-21(20-9-10-29-26(31-20)27(3,4)34)13-22(16)32-17(2)11-23(24(28)25(32)33)36-15-18-7-6-8-19(12-18)35-5;1-2/h6-14,34H,15H2,1-5H3;2H,1H3. The van der Waals surface area contributed by atoms with E-state index in [1.54, 1.807) is 51.6 Å². The van der Waals surface area contributed by atoms with Gasteiger partial charge in [0, 0.05) is 31.3 Å². The molecule has 0 unspecified atom stereocenters. The third-order valence-corrected chi connectivity index (χ3v) is 5.96. The maximum atomic E-state index is 13.4. The molecule has 0 fully saturated rings. The zero-order chi connectivity index (χ0) is 28.0. The van der Waals surface area contributed by atoms with E-state index in [0.29, 0.717) is 28.5 Å². The number of halogens is 1. The number of rotatable bonds is 7. The van der Waals surface area contributed by atoms with Crippen LogP contribution >= 0.6 is 11.6 Å². The molecule has 200 valence electrons. The fourth-order valence-electron chi connectivity index (χ4n) is 3.70. The van der Waals surface area contributed by atoms with Gasteiger partial charge in [-0.15, -0.1) is 0 Å². The number of pyridine rings is 2. The molecule has 0 bridgehead atoms. The average molecular weight is 539 g/mol. The predicted molar refractivity (Wildman–Crippen MR) is 146 cm³/mol. The Morgan fingerprint density at radius 2 is 1.79 bits per heavy atom. The van der Waals surface area contributed by atoms with Crippen molar-refractivity contribution in [1.82, 2.24) is 19.5 Å². The number of aromatic nitrogens is 4. The van der Waals surface area contributed by atoms with Crippen molar-refractivity contribution in [2.24, 2.45) is 0 Å². The van der Waals surface area contributed by atoms with E-state index in [2.05, 4.69) is 15.0 Å². The van der Waals surface area contributed by atoms with Gasteiger partial charge in [0.05, 0.1) is 24.2 Å². The molecule has 9 nitrogen and oxygen atoms in total. The number of nitrogens with zero attached hydrogens (tertiary/aromatic N) is 4. The molecule has 0 saturated heterocycles. The highest BCUT2D eigenvalue weighted by molar-refractivity contribution is 6.31. The summed E-state index contributed by atoms with van der Waals surface area (Å²) in [6.07, 6.45) is 3.24. The second-order valence-electron chi connectivity index (χ2n) is 8.93. The quantitative estimate of drug-likeness (QED) is 0.355. The van der Waals surface area contributed by atoms with E-state index < -0.39 is 11.2 Å². The zero-order valence-corrected chi connectivity index (χ0v) is 22.9. The molecule has 0 saturated carbocycles. The van der Waals surface area contributed by atoms with Crippen molar-refractivity contribution in [2.45, 2.75) is 39.9 Å². The number of aliphatic hydroxyl groups excluding tert-OH is 1. The summed E-state index contributed by atoms with van der Waals surface area (Å²) in [5.41, 5.74) is 2.38. The number of benzene rings is 1. The molecular formula is C28H31ClN4O5. The SMILES string of the molecule is CO.COc1cccc(COc2cc(C)n(-c3cc(-c4ccnc(C(C)(C)O)n4)ncc3C)c(=O)c2Cl)c1. The van der Waals surface area contributed by atoms with Gasteiger partial charge in [-0.1, -0.05) is 23.7 Å². The van der Waals surface area contributed by atoms with Crippen LogP contribution in [-0.4, -0.2) is 44.0 Å². The minimum absolute atomic E-state index is 0.0207. The van der Waals surface area contributed by atoms with Crippen molar-refractivity contribution in [1.29, 1.82) is 0 Å². The first-order chi connectivity index (χ1) is 18.1. The van der Waals surface area contributed by atoms with Crippen LogP contribution in [0.15, 0.2) is 59.7 Å². The van der Waals surface area contributed by atoms with E-state index in [0.717, 1.165) is 24.0 Å². The molecule has 1 aromatic carbocycles. The van der Waals surface area contributed by atoms with Crippen molar-refractivity contribution in [3.05, 3.63) is 92.9 Å². The Labute approximate surface area is 226 Å². The molecule has 0 aliphatic heterocycles. The first kappa shape index (κ1) is 28.8. The highest BCUT2D eigenvalue weighted by Crippen LogP contribution is 2.28. The average Bonchev–Trinajstić information content (AvgIpc) is 2.92. The topological polar surface area (TPSA) is 120 Å². The van der Waals surface area contributed by atoms with Crippen molar-refractivity contribution in [2.75, 3.05) is 14.2 Å². The van der Waals surface area contributed by atoms with E-state index >= 15 is 0 Å². The van der Waals surface area contributed by atoms with Crippen LogP contribution in [-0.2, 0) is 12.2 Å². The van der Waals surface area contributed by atoms with E-state index in [1.807, 2.05) is 38.1 Å².